The molecule has 3 rings (SSSR count). The summed E-state index contributed by atoms with van der Waals surface area (Å²) in [7, 11) is -2.57. The molecule has 0 aromatic heterocycles. The molecule has 0 amide bonds. The van der Waals surface area contributed by atoms with E-state index in [0.29, 0.717) is 37.4 Å². The molecule has 30 heavy (non-hydrogen) atoms. The molecule has 1 atom stereocenters. The minimum absolute atomic E-state index is 0.181. The third kappa shape index (κ3) is 4.42. The fourth-order valence-electron chi connectivity index (χ4n) is 3.59. The number of hydrogen-bond acceptors (Lipinski definition) is 6. The lowest BCUT2D eigenvalue weighted by molar-refractivity contribution is -0.384. The molecule has 8 nitrogen and oxygen atoms in total. The van der Waals surface area contributed by atoms with E-state index in [1.807, 2.05) is 11.8 Å². The van der Waals surface area contributed by atoms with E-state index in [1.54, 1.807) is 4.90 Å². The average molecular weight is 440 g/mol. The predicted octanol–water partition coefficient (Wildman–Crippen LogP) is 2.66. The van der Waals surface area contributed by atoms with Crippen molar-refractivity contribution in [2.45, 2.75) is 17.9 Å². The third-order valence-corrected chi connectivity index (χ3v) is 6.75. The van der Waals surface area contributed by atoms with Gasteiger partial charge in [0.15, 0.2) is 0 Å². The third-order valence-electron chi connectivity index (χ3n) is 5.34. The van der Waals surface area contributed by atoms with E-state index in [4.69, 9.17) is 0 Å². The van der Waals surface area contributed by atoms with Crippen molar-refractivity contribution in [2.24, 2.45) is 0 Å². The van der Waals surface area contributed by atoms with Crippen LogP contribution in [-0.4, -0.2) is 51.5 Å². The first-order valence-electron chi connectivity index (χ1n) is 9.30. The first-order valence-corrected chi connectivity index (χ1v) is 10.8. The second-order valence-electron chi connectivity index (χ2n) is 6.98. The van der Waals surface area contributed by atoms with Crippen LogP contribution in [0, 0.1) is 21.7 Å². The maximum Gasteiger partial charge on any atom is 0.293 e. The zero-order valence-corrected chi connectivity index (χ0v) is 17.3. The maximum atomic E-state index is 14.1. The fourth-order valence-corrected chi connectivity index (χ4v) is 4.34. The molecule has 11 heteroatoms. The summed E-state index contributed by atoms with van der Waals surface area (Å²) in [6, 6.07) is 7.02. The molecule has 1 unspecified atom stereocenters. The van der Waals surface area contributed by atoms with Crippen LogP contribution >= 0.6 is 0 Å². The first-order chi connectivity index (χ1) is 14.1. The normalized spacial score (nSPS) is 16.5. The zero-order valence-electron chi connectivity index (χ0n) is 16.5. The minimum atomic E-state index is -3.80. The molecule has 0 spiro atoms. The second-order valence-corrected chi connectivity index (χ2v) is 8.87. The highest BCUT2D eigenvalue weighted by atomic mass is 32.2. The first kappa shape index (κ1) is 22.1. The number of hydrogen-bond donors (Lipinski definition) is 1. The Balaban J connectivity index is 1.78. The molecule has 0 radical (unpaired) electrons. The van der Waals surface area contributed by atoms with Crippen molar-refractivity contribution < 1.29 is 22.1 Å². The van der Waals surface area contributed by atoms with E-state index in [9.17, 15) is 27.3 Å². The van der Waals surface area contributed by atoms with Crippen molar-refractivity contribution >= 4 is 21.4 Å². The van der Waals surface area contributed by atoms with Gasteiger partial charge >= 0.3 is 0 Å². The summed E-state index contributed by atoms with van der Waals surface area (Å²) in [5.74, 6) is -1.24. The summed E-state index contributed by atoms with van der Waals surface area (Å²) in [5.41, 5.74) is 0.421. The van der Waals surface area contributed by atoms with Gasteiger partial charge in [-0.15, -0.1) is 0 Å². The Hall–Kier alpha value is -2.63. The molecule has 1 saturated heterocycles. The largest absolute Gasteiger partial charge is 0.363 e. The number of nitro groups is 1. The number of rotatable bonds is 6. The Bertz CT molecular complexity index is 1060. The summed E-state index contributed by atoms with van der Waals surface area (Å²) in [6.45, 7) is 3.71. The van der Waals surface area contributed by atoms with Gasteiger partial charge in [0.05, 0.1) is 9.82 Å². The van der Waals surface area contributed by atoms with Crippen LogP contribution in [0.25, 0.3) is 0 Å². The summed E-state index contributed by atoms with van der Waals surface area (Å²) in [6.07, 6.45) is 0. The highest BCUT2D eigenvalue weighted by Gasteiger charge is 2.28. The summed E-state index contributed by atoms with van der Waals surface area (Å²) < 4.78 is 53.3. The standard InChI is InChI=1S/C19H22F2N4O4S/c1-13(16-5-3-14(20)11-17(16)21)23-7-9-24(10-8-23)18-6-4-15(30(28,29)22-2)12-19(18)25(26)27/h3-6,11-13,22H,7-10H2,1-2H3. The highest BCUT2D eigenvalue weighted by Crippen LogP contribution is 2.33. The van der Waals surface area contributed by atoms with Gasteiger partial charge < -0.3 is 4.90 Å². The van der Waals surface area contributed by atoms with Crippen molar-refractivity contribution in [3.63, 3.8) is 0 Å². The van der Waals surface area contributed by atoms with E-state index in [1.165, 1.54) is 31.3 Å². The van der Waals surface area contributed by atoms with Crippen LogP contribution in [0.5, 0.6) is 0 Å². The number of piperazine rings is 1. The molecule has 0 aliphatic carbocycles. The Labute approximate surface area is 173 Å². The number of nitrogens with zero attached hydrogens (tertiary/aromatic N) is 3. The molecule has 1 aliphatic heterocycles. The lowest BCUT2D eigenvalue weighted by atomic mass is 10.0. The molecular formula is C19H22F2N4O4S. The Kier molecular flexibility index (Phi) is 6.34. The smallest absolute Gasteiger partial charge is 0.293 e. The molecular weight excluding hydrogens is 418 g/mol. The monoisotopic (exact) mass is 440 g/mol. The number of benzene rings is 2. The van der Waals surface area contributed by atoms with Crippen molar-refractivity contribution in [1.82, 2.24) is 9.62 Å². The van der Waals surface area contributed by atoms with Crippen molar-refractivity contribution in [1.29, 1.82) is 0 Å². The summed E-state index contributed by atoms with van der Waals surface area (Å²) in [4.78, 5) is 14.6. The average Bonchev–Trinajstić information content (AvgIpc) is 2.73. The van der Waals surface area contributed by atoms with Gasteiger partial charge in [0, 0.05) is 49.9 Å². The van der Waals surface area contributed by atoms with Gasteiger partial charge in [-0.3, -0.25) is 15.0 Å². The summed E-state index contributed by atoms with van der Waals surface area (Å²) >= 11 is 0. The summed E-state index contributed by atoms with van der Waals surface area (Å²) in [5, 5.41) is 11.5. The van der Waals surface area contributed by atoms with Crippen LogP contribution in [0.1, 0.15) is 18.5 Å². The number of halogens is 2. The van der Waals surface area contributed by atoms with Gasteiger partial charge in [0.2, 0.25) is 10.0 Å². The Morgan fingerprint density at radius 3 is 2.33 bits per heavy atom. The van der Waals surface area contributed by atoms with Gasteiger partial charge in [0.1, 0.15) is 17.3 Å². The van der Waals surface area contributed by atoms with Gasteiger partial charge in [-0.2, -0.15) is 0 Å². The molecule has 1 aliphatic rings. The van der Waals surface area contributed by atoms with Crippen molar-refractivity contribution in [3.8, 4) is 0 Å². The van der Waals surface area contributed by atoms with Gasteiger partial charge in [-0.25, -0.2) is 21.9 Å². The molecule has 1 N–H and O–H groups in total. The van der Waals surface area contributed by atoms with Gasteiger partial charge in [0.25, 0.3) is 5.69 Å². The Morgan fingerprint density at radius 1 is 1.10 bits per heavy atom. The quantitative estimate of drug-likeness (QED) is 0.548. The maximum absolute atomic E-state index is 14.1. The molecule has 2 aromatic carbocycles. The molecule has 1 fully saturated rings. The number of nitro benzene ring substituents is 1. The van der Waals surface area contributed by atoms with E-state index in [2.05, 4.69) is 4.72 Å². The fraction of sp³-hybridized carbons (Fsp3) is 0.368. The van der Waals surface area contributed by atoms with Crippen molar-refractivity contribution in [3.05, 3.63) is 63.7 Å². The molecule has 0 bridgehead atoms. The highest BCUT2D eigenvalue weighted by molar-refractivity contribution is 7.89. The number of sulfonamides is 1. The van der Waals surface area contributed by atoms with E-state index >= 15 is 0 Å². The predicted molar refractivity (Wildman–Crippen MR) is 108 cm³/mol. The van der Waals surface area contributed by atoms with E-state index < -0.39 is 26.6 Å². The molecule has 0 saturated carbocycles. The van der Waals surface area contributed by atoms with Crippen LogP contribution in [-0.2, 0) is 10.0 Å². The Morgan fingerprint density at radius 2 is 1.77 bits per heavy atom. The second kappa shape index (κ2) is 8.62. The topological polar surface area (TPSA) is 95.8 Å². The minimum Gasteiger partial charge on any atom is -0.363 e. The van der Waals surface area contributed by atoms with Gasteiger partial charge in [-0.1, -0.05) is 6.07 Å². The number of anilines is 1. The zero-order chi connectivity index (χ0) is 22.1. The molecule has 1 heterocycles. The lowest BCUT2D eigenvalue weighted by Crippen LogP contribution is -2.47. The van der Waals surface area contributed by atoms with Crippen LogP contribution in [0.2, 0.25) is 0 Å². The van der Waals surface area contributed by atoms with Gasteiger partial charge in [-0.05, 0) is 32.2 Å². The van der Waals surface area contributed by atoms with Crippen LogP contribution in [0.15, 0.2) is 41.3 Å². The molecule has 162 valence electrons. The lowest BCUT2D eigenvalue weighted by Gasteiger charge is -2.39. The van der Waals surface area contributed by atoms with E-state index in [-0.39, 0.29) is 16.6 Å². The SMILES string of the molecule is CNS(=O)(=O)c1ccc(N2CCN(C(C)c3ccc(F)cc3F)CC2)c([N+](=O)[O-])c1. The van der Waals surface area contributed by atoms with Crippen LogP contribution < -0.4 is 9.62 Å². The molecule has 2 aromatic rings. The van der Waals surface area contributed by atoms with Crippen LogP contribution in [0.3, 0.4) is 0 Å². The van der Waals surface area contributed by atoms with Crippen LogP contribution in [0.4, 0.5) is 20.2 Å². The van der Waals surface area contributed by atoms with E-state index in [0.717, 1.165) is 12.1 Å². The number of nitrogens with one attached hydrogen (secondary N) is 1. The van der Waals surface area contributed by atoms with Crippen molar-refractivity contribution in [2.75, 3.05) is 38.1 Å².